The number of rotatable bonds is 8. The summed E-state index contributed by atoms with van der Waals surface area (Å²) in [4.78, 5) is 24.6. The quantitative estimate of drug-likeness (QED) is 0.417. The highest BCUT2D eigenvalue weighted by Crippen LogP contribution is 2.28. The largest absolute Gasteiger partial charge is 0.493 e. The molecule has 5 heteroatoms. The average Bonchev–Trinajstić information content (AvgIpc) is 2.66. The Balaban J connectivity index is 2.09. The lowest BCUT2D eigenvalue weighted by molar-refractivity contribution is 0.0318. The van der Waals surface area contributed by atoms with E-state index in [2.05, 4.69) is 6.58 Å². The van der Waals surface area contributed by atoms with Crippen LogP contribution in [0, 0.1) is 0 Å². The zero-order chi connectivity index (χ0) is 18.2. The Labute approximate surface area is 146 Å². The zero-order valence-electron chi connectivity index (χ0n) is 14.2. The first kappa shape index (κ1) is 18.3. The summed E-state index contributed by atoms with van der Waals surface area (Å²) in [6.45, 7) is 5.45. The van der Waals surface area contributed by atoms with Gasteiger partial charge < -0.3 is 14.2 Å². The average molecular weight is 340 g/mol. The van der Waals surface area contributed by atoms with Gasteiger partial charge >= 0.3 is 5.97 Å². The Morgan fingerprint density at radius 3 is 2.44 bits per heavy atom. The molecule has 0 amide bonds. The van der Waals surface area contributed by atoms with Crippen LogP contribution in [0.15, 0.2) is 61.2 Å². The molecule has 2 aromatic rings. The molecule has 0 aliphatic carbocycles. The highest BCUT2D eigenvalue weighted by atomic mass is 16.5. The molecule has 0 aliphatic rings. The standard InChI is InChI=1S/C20H20O5/c1-4-12-24-17-11-10-16(13-18(17)23-3)20(22)25-14(2)19(21)15-8-6-5-7-9-15/h4-11,13-14H,1,12H2,2-3H3. The molecule has 1 atom stereocenters. The monoisotopic (exact) mass is 340 g/mol. The molecule has 0 saturated carbocycles. The topological polar surface area (TPSA) is 61.8 Å². The number of Topliss-reactive ketones (excluding diaryl/α,β-unsaturated/α-hetero) is 1. The predicted molar refractivity (Wildman–Crippen MR) is 94.3 cm³/mol. The number of carbonyl (C=O) groups excluding carboxylic acids is 2. The van der Waals surface area contributed by atoms with E-state index in [1.807, 2.05) is 6.07 Å². The molecule has 0 heterocycles. The van der Waals surface area contributed by atoms with Gasteiger partial charge in [0.25, 0.3) is 0 Å². The summed E-state index contributed by atoms with van der Waals surface area (Å²) in [6, 6.07) is 13.4. The lowest BCUT2D eigenvalue weighted by Gasteiger charge is -2.14. The van der Waals surface area contributed by atoms with Crippen molar-refractivity contribution in [2.24, 2.45) is 0 Å². The molecule has 25 heavy (non-hydrogen) atoms. The van der Waals surface area contributed by atoms with E-state index < -0.39 is 12.1 Å². The highest BCUT2D eigenvalue weighted by Gasteiger charge is 2.21. The first-order chi connectivity index (χ1) is 12.1. The van der Waals surface area contributed by atoms with Crippen molar-refractivity contribution in [3.63, 3.8) is 0 Å². The van der Waals surface area contributed by atoms with Crippen molar-refractivity contribution < 1.29 is 23.8 Å². The number of ether oxygens (including phenoxy) is 3. The lowest BCUT2D eigenvalue weighted by atomic mass is 10.1. The molecule has 5 nitrogen and oxygen atoms in total. The molecular formula is C20H20O5. The van der Waals surface area contributed by atoms with Crippen LogP contribution in [-0.4, -0.2) is 31.6 Å². The maximum atomic E-state index is 12.3. The van der Waals surface area contributed by atoms with E-state index in [1.54, 1.807) is 49.4 Å². The van der Waals surface area contributed by atoms with Gasteiger partial charge in [0.05, 0.1) is 12.7 Å². The summed E-state index contributed by atoms with van der Waals surface area (Å²) in [5.74, 6) is 0.0305. The van der Waals surface area contributed by atoms with Crippen LogP contribution in [0.2, 0.25) is 0 Å². The lowest BCUT2D eigenvalue weighted by Crippen LogP contribution is -2.24. The Morgan fingerprint density at radius 2 is 1.80 bits per heavy atom. The van der Waals surface area contributed by atoms with Crippen LogP contribution in [-0.2, 0) is 4.74 Å². The predicted octanol–water partition coefficient (Wildman–Crippen LogP) is 3.69. The number of carbonyl (C=O) groups is 2. The summed E-state index contributed by atoms with van der Waals surface area (Å²) in [5.41, 5.74) is 0.768. The van der Waals surface area contributed by atoms with Crippen molar-refractivity contribution in [3.8, 4) is 11.5 Å². The number of methoxy groups -OCH3 is 1. The third kappa shape index (κ3) is 4.70. The van der Waals surface area contributed by atoms with Gasteiger partial charge in [-0.05, 0) is 25.1 Å². The minimum Gasteiger partial charge on any atom is -0.493 e. The van der Waals surface area contributed by atoms with Crippen molar-refractivity contribution >= 4 is 11.8 Å². The second-order valence-corrected chi connectivity index (χ2v) is 5.24. The van der Waals surface area contributed by atoms with Crippen molar-refractivity contribution in [3.05, 3.63) is 72.3 Å². The molecular weight excluding hydrogens is 320 g/mol. The van der Waals surface area contributed by atoms with Crippen LogP contribution >= 0.6 is 0 Å². The van der Waals surface area contributed by atoms with Gasteiger partial charge in [-0.2, -0.15) is 0 Å². The fourth-order valence-corrected chi connectivity index (χ4v) is 2.18. The summed E-state index contributed by atoms with van der Waals surface area (Å²) in [7, 11) is 1.48. The number of hydrogen-bond donors (Lipinski definition) is 0. The molecule has 2 aromatic carbocycles. The van der Waals surface area contributed by atoms with Gasteiger partial charge in [0.2, 0.25) is 5.78 Å². The van der Waals surface area contributed by atoms with Crippen LogP contribution < -0.4 is 9.47 Å². The molecule has 0 bridgehead atoms. The molecule has 0 aliphatic heterocycles. The highest BCUT2D eigenvalue weighted by molar-refractivity contribution is 6.01. The number of benzene rings is 2. The van der Waals surface area contributed by atoms with E-state index in [4.69, 9.17) is 14.2 Å². The maximum Gasteiger partial charge on any atom is 0.338 e. The Morgan fingerprint density at radius 1 is 1.08 bits per heavy atom. The van der Waals surface area contributed by atoms with Gasteiger partial charge in [-0.25, -0.2) is 4.79 Å². The first-order valence-corrected chi connectivity index (χ1v) is 7.78. The summed E-state index contributed by atoms with van der Waals surface area (Å²) >= 11 is 0. The van der Waals surface area contributed by atoms with E-state index in [-0.39, 0.29) is 11.3 Å². The molecule has 0 radical (unpaired) electrons. The Bertz CT molecular complexity index is 752. The summed E-state index contributed by atoms with van der Waals surface area (Å²) in [5, 5.41) is 0. The van der Waals surface area contributed by atoms with Gasteiger partial charge in [0.1, 0.15) is 6.61 Å². The minimum atomic E-state index is -0.891. The first-order valence-electron chi connectivity index (χ1n) is 7.78. The fourth-order valence-electron chi connectivity index (χ4n) is 2.18. The van der Waals surface area contributed by atoms with Crippen LogP contribution in [0.1, 0.15) is 27.6 Å². The molecule has 1 unspecified atom stereocenters. The number of hydrogen-bond acceptors (Lipinski definition) is 5. The van der Waals surface area contributed by atoms with Crippen molar-refractivity contribution in [1.82, 2.24) is 0 Å². The molecule has 0 N–H and O–H groups in total. The molecule has 0 spiro atoms. The third-order valence-corrected chi connectivity index (χ3v) is 3.47. The van der Waals surface area contributed by atoms with Crippen molar-refractivity contribution in [2.75, 3.05) is 13.7 Å². The molecule has 2 rings (SSSR count). The van der Waals surface area contributed by atoms with Crippen LogP contribution in [0.3, 0.4) is 0 Å². The fraction of sp³-hybridized carbons (Fsp3) is 0.200. The van der Waals surface area contributed by atoms with Gasteiger partial charge in [0, 0.05) is 5.56 Å². The van der Waals surface area contributed by atoms with Gasteiger partial charge in [-0.3, -0.25) is 4.79 Å². The van der Waals surface area contributed by atoms with E-state index in [0.29, 0.717) is 23.7 Å². The van der Waals surface area contributed by atoms with E-state index in [9.17, 15) is 9.59 Å². The molecule has 0 aromatic heterocycles. The van der Waals surface area contributed by atoms with Gasteiger partial charge in [-0.1, -0.05) is 43.0 Å². The molecule has 130 valence electrons. The van der Waals surface area contributed by atoms with Crippen molar-refractivity contribution in [2.45, 2.75) is 13.0 Å². The van der Waals surface area contributed by atoms with Crippen LogP contribution in [0.25, 0.3) is 0 Å². The van der Waals surface area contributed by atoms with E-state index in [1.165, 1.54) is 13.2 Å². The Kier molecular flexibility index (Phi) is 6.34. The van der Waals surface area contributed by atoms with E-state index in [0.717, 1.165) is 0 Å². The SMILES string of the molecule is C=CCOc1ccc(C(=O)OC(C)C(=O)c2ccccc2)cc1OC. The summed E-state index contributed by atoms with van der Waals surface area (Å²) in [6.07, 6.45) is 0.718. The van der Waals surface area contributed by atoms with Crippen LogP contribution in [0.5, 0.6) is 11.5 Å². The van der Waals surface area contributed by atoms with E-state index >= 15 is 0 Å². The molecule has 0 fully saturated rings. The number of esters is 1. The molecule has 0 saturated heterocycles. The number of ketones is 1. The van der Waals surface area contributed by atoms with Gasteiger partial charge in [-0.15, -0.1) is 0 Å². The maximum absolute atomic E-state index is 12.3. The van der Waals surface area contributed by atoms with Crippen LogP contribution in [0.4, 0.5) is 0 Å². The Hall–Kier alpha value is -3.08. The summed E-state index contributed by atoms with van der Waals surface area (Å²) < 4.78 is 15.9. The minimum absolute atomic E-state index is 0.258. The second-order valence-electron chi connectivity index (χ2n) is 5.24. The third-order valence-electron chi connectivity index (χ3n) is 3.47. The van der Waals surface area contributed by atoms with Crippen molar-refractivity contribution in [1.29, 1.82) is 0 Å². The zero-order valence-corrected chi connectivity index (χ0v) is 14.2. The smallest absolute Gasteiger partial charge is 0.338 e. The normalized spacial score (nSPS) is 11.3. The second kappa shape index (κ2) is 8.68. The van der Waals surface area contributed by atoms with Gasteiger partial charge in [0.15, 0.2) is 17.6 Å².